The van der Waals surface area contributed by atoms with Crippen LogP contribution < -0.4 is 4.57 Å². The molecule has 1 rings (SSSR count). The summed E-state index contributed by atoms with van der Waals surface area (Å²) in [7, 11) is 2.04. The fraction of sp³-hybridized carbons (Fsp3) is 0.625. The molecule has 1 aromatic heterocycles. The van der Waals surface area contributed by atoms with Crippen molar-refractivity contribution >= 4 is 0 Å². The van der Waals surface area contributed by atoms with Crippen LogP contribution >= 0.6 is 0 Å². The standard InChI is InChI=1S/C8H15N2.NO3.H2O/c1-3-4-5-10-7-6-9(2)8-10;2-1(3)4;/h6-8H,3-5H2,1-2H3;;1H2/q+1;-1;. The van der Waals surface area contributed by atoms with Gasteiger partial charge in [-0.25, -0.2) is 9.13 Å². The van der Waals surface area contributed by atoms with E-state index in [2.05, 4.69) is 34.8 Å². The number of aromatic nitrogens is 2. The Morgan fingerprint density at radius 3 is 2.33 bits per heavy atom. The van der Waals surface area contributed by atoms with E-state index in [4.69, 9.17) is 15.3 Å². The molecule has 1 heterocycles. The Kier molecular flexibility index (Phi) is 9.44. The normalized spacial score (nSPS) is 8.40. The Morgan fingerprint density at radius 2 is 2.00 bits per heavy atom. The van der Waals surface area contributed by atoms with Crippen molar-refractivity contribution in [3.63, 3.8) is 0 Å². The van der Waals surface area contributed by atoms with Crippen LogP contribution in [0.2, 0.25) is 0 Å². The highest BCUT2D eigenvalue weighted by Gasteiger charge is 1.96. The number of aryl methyl sites for hydroxylation is 2. The highest BCUT2D eigenvalue weighted by molar-refractivity contribution is 4.65. The van der Waals surface area contributed by atoms with Gasteiger partial charge in [0.25, 0.3) is 0 Å². The maximum absolute atomic E-state index is 8.25. The molecule has 0 fully saturated rings. The van der Waals surface area contributed by atoms with Gasteiger partial charge in [0.2, 0.25) is 6.33 Å². The molecule has 0 unspecified atom stereocenters. The molecule has 15 heavy (non-hydrogen) atoms. The summed E-state index contributed by atoms with van der Waals surface area (Å²) in [5.74, 6) is 0. The van der Waals surface area contributed by atoms with Crippen molar-refractivity contribution in [2.24, 2.45) is 7.05 Å². The number of hydrogen-bond acceptors (Lipinski definition) is 3. The summed E-state index contributed by atoms with van der Waals surface area (Å²) in [4.78, 5) is 8.25. The molecule has 2 N–H and O–H groups in total. The summed E-state index contributed by atoms with van der Waals surface area (Å²) in [5, 5.41) is 14.8. The van der Waals surface area contributed by atoms with Crippen LogP contribution in [-0.2, 0) is 13.6 Å². The lowest BCUT2D eigenvalue weighted by molar-refractivity contribution is -0.671. The molecular weight excluding hydrogens is 202 g/mol. The van der Waals surface area contributed by atoms with E-state index in [0.29, 0.717) is 0 Å². The number of imidazole rings is 1. The van der Waals surface area contributed by atoms with Crippen LogP contribution in [-0.4, -0.2) is 15.1 Å². The predicted octanol–water partition coefficient (Wildman–Crippen LogP) is 0.0489. The molecule has 0 amide bonds. The van der Waals surface area contributed by atoms with Gasteiger partial charge in [0, 0.05) is 0 Å². The van der Waals surface area contributed by atoms with E-state index in [0.717, 1.165) is 6.54 Å². The molecule has 0 aliphatic carbocycles. The summed E-state index contributed by atoms with van der Waals surface area (Å²) in [6, 6.07) is 0. The van der Waals surface area contributed by atoms with Gasteiger partial charge in [0.05, 0.1) is 18.7 Å². The van der Waals surface area contributed by atoms with Crippen LogP contribution in [0.3, 0.4) is 0 Å². The predicted molar refractivity (Wildman–Crippen MR) is 54.5 cm³/mol. The monoisotopic (exact) mass is 219 g/mol. The van der Waals surface area contributed by atoms with E-state index in [1.807, 2.05) is 7.05 Å². The Balaban J connectivity index is 0. The summed E-state index contributed by atoms with van der Waals surface area (Å²) < 4.78 is 4.28. The van der Waals surface area contributed by atoms with Gasteiger partial charge in [-0.3, -0.25) is 0 Å². The van der Waals surface area contributed by atoms with E-state index in [1.54, 1.807) is 0 Å². The SMILES string of the molecule is CCCCn1cc[n+](C)c1.O.O=[N+]([O-])[O-]. The molecule has 88 valence electrons. The molecule has 0 atom stereocenters. The van der Waals surface area contributed by atoms with E-state index in [9.17, 15) is 0 Å². The van der Waals surface area contributed by atoms with Gasteiger partial charge in [-0.2, -0.15) is 0 Å². The number of unbranched alkanes of at least 4 members (excludes halogenated alkanes) is 1. The minimum atomic E-state index is -1.75. The summed E-state index contributed by atoms with van der Waals surface area (Å²) in [5.41, 5.74) is 0. The molecule has 7 heteroatoms. The molecule has 0 aromatic carbocycles. The van der Waals surface area contributed by atoms with Crippen molar-refractivity contribution in [2.75, 3.05) is 0 Å². The van der Waals surface area contributed by atoms with Crippen molar-refractivity contribution < 1.29 is 15.1 Å². The molecule has 0 aliphatic heterocycles. The zero-order valence-electron chi connectivity index (χ0n) is 8.92. The lowest BCUT2D eigenvalue weighted by Crippen LogP contribution is -2.23. The molecule has 0 aliphatic rings. The van der Waals surface area contributed by atoms with Crippen molar-refractivity contribution in [2.45, 2.75) is 26.3 Å². The zero-order chi connectivity index (χ0) is 11.0. The molecular formula is C8H17N3O4. The van der Waals surface area contributed by atoms with Gasteiger partial charge in [0.1, 0.15) is 12.4 Å². The Labute approximate surface area is 88.0 Å². The topological polar surface area (TPSA) is 107 Å². The molecule has 0 bridgehead atoms. The number of rotatable bonds is 3. The van der Waals surface area contributed by atoms with Crippen molar-refractivity contribution in [3.05, 3.63) is 34.0 Å². The van der Waals surface area contributed by atoms with Crippen LogP contribution in [0, 0.1) is 15.3 Å². The third-order valence-corrected chi connectivity index (χ3v) is 1.59. The van der Waals surface area contributed by atoms with E-state index >= 15 is 0 Å². The van der Waals surface area contributed by atoms with Crippen LogP contribution in [0.15, 0.2) is 18.7 Å². The molecule has 0 spiro atoms. The van der Waals surface area contributed by atoms with Gasteiger partial charge in [-0.15, -0.1) is 0 Å². The van der Waals surface area contributed by atoms with Gasteiger partial charge < -0.3 is 20.8 Å². The first-order valence-electron chi connectivity index (χ1n) is 4.38. The highest BCUT2D eigenvalue weighted by atomic mass is 16.9. The van der Waals surface area contributed by atoms with Crippen LogP contribution in [0.1, 0.15) is 19.8 Å². The van der Waals surface area contributed by atoms with Gasteiger partial charge in [-0.1, -0.05) is 13.3 Å². The van der Waals surface area contributed by atoms with Crippen LogP contribution in [0.5, 0.6) is 0 Å². The highest BCUT2D eigenvalue weighted by Crippen LogP contribution is 1.91. The third-order valence-electron chi connectivity index (χ3n) is 1.59. The second-order valence-electron chi connectivity index (χ2n) is 2.89. The average Bonchev–Trinajstić information content (AvgIpc) is 2.47. The average molecular weight is 219 g/mol. The summed E-state index contributed by atoms with van der Waals surface area (Å²) >= 11 is 0. The fourth-order valence-electron chi connectivity index (χ4n) is 0.975. The first-order chi connectivity index (χ1) is 6.56. The van der Waals surface area contributed by atoms with Crippen LogP contribution in [0.4, 0.5) is 0 Å². The molecule has 7 nitrogen and oxygen atoms in total. The first-order valence-corrected chi connectivity index (χ1v) is 4.38. The lowest BCUT2D eigenvalue weighted by Gasteiger charge is -1.90. The van der Waals surface area contributed by atoms with Gasteiger partial charge in [-0.05, 0) is 6.42 Å². The Morgan fingerprint density at radius 1 is 1.47 bits per heavy atom. The van der Waals surface area contributed by atoms with Crippen molar-refractivity contribution in [1.82, 2.24) is 4.57 Å². The molecule has 0 saturated carbocycles. The zero-order valence-corrected chi connectivity index (χ0v) is 8.92. The minimum Gasteiger partial charge on any atom is -0.412 e. The largest absolute Gasteiger partial charge is 0.412 e. The molecule has 0 saturated heterocycles. The lowest BCUT2D eigenvalue weighted by atomic mass is 10.3. The third kappa shape index (κ3) is 10.3. The van der Waals surface area contributed by atoms with Gasteiger partial charge in [0.15, 0.2) is 0 Å². The smallest absolute Gasteiger partial charge is 0.243 e. The van der Waals surface area contributed by atoms with E-state index in [1.165, 1.54) is 12.8 Å². The first kappa shape index (κ1) is 15.8. The van der Waals surface area contributed by atoms with E-state index in [-0.39, 0.29) is 5.48 Å². The van der Waals surface area contributed by atoms with Crippen molar-refractivity contribution in [3.8, 4) is 0 Å². The van der Waals surface area contributed by atoms with Gasteiger partial charge >= 0.3 is 0 Å². The quantitative estimate of drug-likeness (QED) is 0.407. The second kappa shape index (κ2) is 8.95. The fourth-order valence-corrected chi connectivity index (χ4v) is 0.975. The van der Waals surface area contributed by atoms with Crippen LogP contribution in [0.25, 0.3) is 0 Å². The Hall–Kier alpha value is -1.63. The maximum Gasteiger partial charge on any atom is 0.243 e. The van der Waals surface area contributed by atoms with E-state index < -0.39 is 5.09 Å². The number of hydrogen-bond donors (Lipinski definition) is 0. The molecule has 0 radical (unpaired) electrons. The summed E-state index contributed by atoms with van der Waals surface area (Å²) in [6.45, 7) is 3.36. The summed E-state index contributed by atoms with van der Waals surface area (Å²) in [6.07, 6.45) is 8.82. The maximum atomic E-state index is 8.25. The number of nitrogens with zero attached hydrogens (tertiary/aromatic N) is 3. The second-order valence-corrected chi connectivity index (χ2v) is 2.89. The minimum absolute atomic E-state index is 0. The van der Waals surface area contributed by atoms with Crippen molar-refractivity contribution in [1.29, 1.82) is 0 Å². The molecule has 1 aromatic rings. The Bertz CT molecular complexity index is 271.